The lowest BCUT2D eigenvalue weighted by Gasteiger charge is -2.35. The molecule has 0 amide bonds. The number of hydrogen-bond donors (Lipinski definition) is 1. The van der Waals surface area contributed by atoms with Crippen LogP contribution in [0.25, 0.3) is 0 Å². The summed E-state index contributed by atoms with van der Waals surface area (Å²) in [4.78, 5) is 3.31. The highest BCUT2D eigenvalue weighted by Gasteiger charge is 2.69. The summed E-state index contributed by atoms with van der Waals surface area (Å²) in [5, 5.41) is 15.1. The van der Waals surface area contributed by atoms with Crippen LogP contribution >= 0.6 is 34.8 Å². The largest absolute Gasteiger partial charge is 0.386 e. The van der Waals surface area contributed by atoms with Gasteiger partial charge in [-0.15, -0.1) is 34.8 Å². The van der Waals surface area contributed by atoms with Gasteiger partial charge in [-0.2, -0.15) is 5.10 Å². The van der Waals surface area contributed by atoms with Crippen molar-refractivity contribution in [2.45, 2.75) is 54.0 Å². The highest BCUT2D eigenvalue weighted by atomic mass is 35.5. The van der Waals surface area contributed by atoms with Gasteiger partial charge in [-0.3, -0.25) is 4.68 Å². The van der Waals surface area contributed by atoms with Crippen molar-refractivity contribution in [3.63, 3.8) is 0 Å². The molecule has 2 atom stereocenters. The molecule has 4 nitrogen and oxygen atoms in total. The third-order valence-corrected chi connectivity index (χ3v) is 6.38. The number of hydrogen-bond acceptors (Lipinski definition) is 3. The van der Waals surface area contributed by atoms with Crippen molar-refractivity contribution >= 4 is 34.8 Å². The van der Waals surface area contributed by atoms with Crippen LogP contribution in [0.2, 0.25) is 0 Å². The highest BCUT2D eigenvalue weighted by Crippen LogP contribution is 2.69. The van der Waals surface area contributed by atoms with E-state index >= 15 is 0 Å². The molecule has 0 aliphatic heterocycles. The number of aromatic nitrogens is 3. The Labute approximate surface area is 127 Å². The van der Waals surface area contributed by atoms with Crippen LogP contribution in [-0.4, -0.2) is 34.7 Å². The molecule has 2 unspecified atom stereocenters. The van der Waals surface area contributed by atoms with Gasteiger partial charge in [0.05, 0.1) is 11.4 Å². The molecule has 19 heavy (non-hydrogen) atoms. The molecule has 2 saturated carbocycles. The van der Waals surface area contributed by atoms with Crippen LogP contribution in [0.1, 0.15) is 32.6 Å². The Bertz CT molecular complexity index is 488. The molecule has 0 radical (unpaired) electrons. The van der Waals surface area contributed by atoms with Crippen LogP contribution in [0, 0.1) is 5.41 Å². The van der Waals surface area contributed by atoms with Crippen LogP contribution in [0.4, 0.5) is 0 Å². The van der Waals surface area contributed by atoms with Crippen LogP contribution in [-0.2, 0) is 6.54 Å². The standard InChI is InChI=1S/C12H16Cl3N3O/c1-9(5-12(9,14)15)4-11(19,10(13)2-3-10)6-18-8-16-7-17-18/h7-8,19H,2-6H2,1H3. The molecule has 1 heterocycles. The minimum Gasteiger partial charge on any atom is -0.386 e. The molecule has 0 bridgehead atoms. The van der Waals surface area contributed by atoms with Crippen molar-refractivity contribution < 1.29 is 5.11 Å². The van der Waals surface area contributed by atoms with Crippen molar-refractivity contribution in [3.8, 4) is 0 Å². The summed E-state index contributed by atoms with van der Waals surface area (Å²) in [5.74, 6) is 0. The molecule has 1 N–H and O–H groups in total. The second-order valence-electron chi connectivity index (χ2n) is 6.21. The second-order valence-corrected chi connectivity index (χ2v) is 8.42. The predicted molar refractivity (Wildman–Crippen MR) is 74.6 cm³/mol. The van der Waals surface area contributed by atoms with Crippen molar-refractivity contribution in [2.75, 3.05) is 0 Å². The van der Waals surface area contributed by atoms with E-state index in [1.165, 1.54) is 6.33 Å². The van der Waals surface area contributed by atoms with E-state index in [1.54, 1.807) is 11.0 Å². The molecule has 106 valence electrons. The van der Waals surface area contributed by atoms with E-state index in [4.69, 9.17) is 34.8 Å². The van der Waals surface area contributed by atoms with Crippen LogP contribution < -0.4 is 0 Å². The Balaban J connectivity index is 1.82. The maximum Gasteiger partial charge on any atom is 0.137 e. The van der Waals surface area contributed by atoms with Crippen molar-refractivity contribution in [1.82, 2.24) is 14.8 Å². The number of nitrogens with zero attached hydrogens (tertiary/aromatic N) is 3. The maximum atomic E-state index is 11.1. The van der Waals surface area contributed by atoms with E-state index in [1.807, 2.05) is 6.92 Å². The summed E-state index contributed by atoms with van der Waals surface area (Å²) in [6.07, 6.45) is 5.77. The normalized spacial score (nSPS) is 33.7. The van der Waals surface area contributed by atoms with Gasteiger partial charge in [-0.1, -0.05) is 6.92 Å². The highest BCUT2D eigenvalue weighted by molar-refractivity contribution is 6.51. The molecule has 2 aliphatic carbocycles. The minimum atomic E-state index is -1.07. The van der Waals surface area contributed by atoms with Crippen LogP contribution in [0.5, 0.6) is 0 Å². The summed E-state index contributed by atoms with van der Waals surface area (Å²) in [5.41, 5.74) is -1.36. The average Bonchev–Trinajstić information content (AvgIpc) is 3.02. The van der Waals surface area contributed by atoms with Gasteiger partial charge in [0, 0.05) is 5.41 Å². The Morgan fingerprint density at radius 1 is 1.37 bits per heavy atom. The Hall–Kier alpha value is -0.0300. The molecule has 1 aromatic rings. The van der Waals surface area contributed by atoms with Gasteiger partial charge in [-0.05, 0) is 25.7 Å². The van der Waals surface area contributed by atoms with E-state index in [-0.39, 0.29) is 5.41 Å². The number of aliphatic hydroxyl groups is 1. The zero-order valence-electron chi connectivity index (χ0n) is 10.6. The predicted octanol–water partition coefficient (Wildman–Crippen LogP) is 2.75. The van der Waals surface area contributed by atoms with E-state index in [2.05, 4.69) is 10.1 Å². The molecule has 0 aromatic carbocycles. The summed E-state index contributed by atoms with van der Waals surface area (Å²) in [6, 6.07) is 0. The van der Waals surface area contributed by atoms with Crippen molar-refractivity contribution in [1.29, 1.82) is 0 Å². The Morgan fingerprint density at radius 3 is 2.42 bits per heavy atom. The fourth-order valence-corrected chi connectivity index (χ4v) is 3.74. The number of halogens is 3. The van der Waals surface area contributed by atoms with E-state index in [0.717, 1.165) is 12.8 Å². The maximum absolute atomic E-state index is 11.1. The average molecular weight is 325 g/mol. The van der Waals surface area contributed by atoms with E-state index < -0.39 is 14.8 Å². The van der Waals surface area contributed by atoms with Crippen LogP contribution in [0.15, 0.2) is 12.7 Å². The zero-order chi connectivity index (χ0) is 13.9. The SMILES string of the molecule is CC1(CC(O)(Cn2cncn2)C2(Cl)CC2)CC1(Cl)Cl. The molecule has 7 heteroatoms. The first-order valence-electron chi connectivity index (χ1n) is 6.31. The molecule has 2 fully saturated rings. The molecular weight excluding hydrogens is 309 g/mol. The third kappa shape index (κ3) is 2.27. The fraction of sp³-hybridized carbons (Fsp3) is 0.833. The minimum absolute atomic E-state index is 0.296. The van der Waals surface area contributed by atoms with Crippen molar-refractivity contribution in [2.24, 2.45) is 5.41 Å². The van der Waals surface area contributed by atoms with Gasteiger partial charge < -0.3 is 5.11 Å². The van der Waals surface area contributed by atoms with Gasteiger partial charge in [0.15, 0.2) is 0 Å². The van der Waals surface area contributed by atoms with Gasteiger partial charge in [0.25, 0.3) is 0 Å². The molecular formula is C12H16Cl3N3O. The van der Waals surface area contributed by atoms with E-state index in [0.29, 0.717) is 19.4 Å². The van der Waals surface area contributed by atoms with Crippen molar-refractivity contribution in [3.05, 3.63) is 12.7 Å². The molecule has 0 saturated heterocycles. The lowest BCUT2D eigenvalue weighted by molar-refractivity contribution is -0.0171. The Kier molecular flexibility index (Phi) is 2.93. The number of rotatable bonds is 5. The van der Waals surface area contributed by atoms with Gasteiger partial charge in [-0.25, -0.2) is 4.98 Å². The summed E-state index contributed by atoms with van der Waals surface area (Å²) < 4.78 is 0.851. The second kappa shape index (κ2) is 4.00. The first-order chi connectivity index (χ1) is 8.70. The molecule has 3 rings (SSSR count). The summed E-state index contributed by atoms with van der Waals surface area (Å²) >= 11 is 18.9. The zero-order valence-corrected chi connectivity index (χ0v) is 12.9. The summed E-state index contributed by atoms with van der Waals surface area (Å²) in [7, 11) is 0. The lowest BCUT2D eigenvalue weighted by atomic mass is 9.84. The van der Waals surface area contributed by atoms with Gasteiger partial charge in [0.1, 0.15) is 22.6 Å². The lowest BCUT2D eigenvalue weighted by Crippen LogP contribution is -2.47. The fourth-order valence-electron chi connectivity index (χ4n) is 2.80. The van der Waals surface area contributed by atoms with E-state index in [9.17, 15) is 5.11 Å². The number of alkyl halides is 3. The third-order valence-electron chi connectivity index (χ3n) is 4.47. The monoisotopic (exact) mass is 323 g/mol. The summed E-state index contributed by atoms with van der Waals surface area (Å²) in [6.45, 7) is 2.30. The smallest absolute Gasteiger partial charge is 0.137 e. The molecule has 2 aliphatic rings. The Morgan fingerprint density at radius 2 is 2.00 bits per heavy atom. The van der Waals surface area contributed by atoms with Gasteiger partial charge >= 0.3 is 0 Å². The topological polar surface area (TPSA) is 50.9 Å². The first-order valence-corrected chi connectivity index (χ1v) is 7.45. The molecule has 1 aromatic heterocycles. The molecule has 0 spiro atoms. The quantitative estimate of drug-likeness (QED) is 0.847. The van der Waals surface area contributed by atoms with Gasteiger partial charge in [0.2, 0.25) is 0 Å². The first kappa shape index (κ1) is 13.9. The van der Waals surface area contributed by atoms with Crippen LogP contribution in [0.3, 0.4) is 0 Å².